The summed E-state index contributed by atoms with van der Waals surface area (Å²) in [4.78, 5) is 20.6. The van der Waals surface area contributed by atoms with Gasteiger partial charge in [0.05, 0.1) is 5.75 Å². The Bertz CT molecular complexity index is 861. The molecule has 3 rings (SSSR count). The number of aromatic nitrogens is 2. The van der Waals surface area contributed by atoms with Gasteiger partial charge in [-0.1, -0.05) is 29.5 Å². The molecule has 0 aliphatic rings. The minimum absolute atomic E-state index is 0.224. The molecular weight excluding hydrogens is 366 g/mol. The van der Waals surface area contributed by atoms with Crippen molar-refractivity contribution in [3.8, 4) is 10.6 Å². The van der Waals surface area contributed by atoms with Gasteiger partial charge in [-0.15, -0.1) is 11.8 Å². The Morgan fingerprint density at radius 1 is 1.46 bits per heavy atom. The second-order valence-electron chi connectivity index (χ2n) is 4.58. The van der Waals surface area contributed by atoms with Crippen LogP contribution in [0.3, 0.4) is 0 Å². The number of thioether (sulfide) groups is 1. The molecule has 0 fully saturated rings. The van der Waals surface area contributed by atoms with Crippen LogP contribution in [-0.4, -0.2) is 15.9 Å². The molecule has 0 unspecified atom stereocenters. The molecule has 0 atom stereocenters. The van der Waals surface area contributed by atoms with Gasteiger partial charge in [0.25, 0.3) is 5.91 Å². The minimum Gasteiger partial charge on any atom is -0.455 e. The van der Waals surface area contributed by atoms with Crippen LogP contribution in [0.1, 0.15) is 16.3 Å². The summed E-state index contributed by atoms with van der Waals surface area (Å²) in [6.45, 7) is 3.63. The van der Waals surface area contributed by atoms with Gasteiger partial charge in [-0.3, -0.25) is 9.78 Å². The van der Waals surface area contributed by atoms with E-state index in [0.717, 1.165) is 5.56 Å². The molecule has 3 aromatic rings. The lowest BCUT2D eigenvalue weighted by molar-refractivity contribution is 0.0995. The van der Waals surface area contributed by atoms with E-state index >= 15 is 0 Å². The molecule has 5 nitrogen and oxygen atoms in total. The molecular formula is C16H12ClN3O2S2. The van der Waals surface area contributed by atoms with Crippen LogP contribution in [0, 0.1) is 0 Å². The maximum absolute atomic E-state index is 12.3. The van der Waals surface area contributed by atoms with Gasteiger partial charge in [-0.2, -0.15) is 0 Å². The van der Waals surface area contributed by atoms with Crippen molar-refractivity contribution in [3.05, 3.63) is 65.3 Å². The van der Waals surface area contributed by atoms with Crippen LogP contribution in [0.15, 0.2) is 53.1 Å². The fourth-order valence-electron chi connectivity index (χ4n) is 1.87. The van der Waals surface area contributed by atoms with Gasteiger partial charge in [0.1, 0.15) is 15.8 Å². The largest absolute Gasteiger partial charge is 0.455 e. The van der Waals surface area contributed by atoms with Gasteiger partial charge >= 0.3 is 0 Å². The number of rotatable bonds is 6. The first-order chi connectivity index (χ1) is 11.7. The van der Waals surface area contributed by atoms with Gasteiger partial charge in [-0.25, -0.2) is 4.98 Å². The zero-order chi connectivity index (χ0) is 16.9. The topological polar surface area (TPSA) is 68.0 Å². The molecule has 8 heteroatoms. The average molecular weight is 378 g/mol. The maximum atomic E-state index is 12.3. The summed E-state index contributed by atoms with van der Waals surface area (Å²) in [6, 6.07) is 7.09. The lowest BCUT2D eigenvalue weighted by Gasteiger charge is -1.99. The molecule has 0 aliphatic carbocycles. The molecule has 0 aromatic carbocycles. The van der Waals surface area contributed by atoms with E-state index in [2.05, 4.69) is 21.9 Å². The number of hydrogen-bond donors (Lipinski definition) is 1. The van der Waals surface area contributed by atoms with Gasteiger partial charge in [0.2, 0.25) is 0 Å². The van der Waals surface area contributed by atoms with Gasteiger partial charge < -0.3 is 9.73 Å². The second-order valence-corrected chi connectivity index (χ2v) is 6.89. The molecule has 24 heavy (non-hydrogen) atoms. The van der Waals surface area contributed by atoms with Crippen LogP contribution in [0.25, 0.3) is 10.6 Å². The van der Waals surface area contributed by atoms with E-state index in [1.807, 2.05) is 12.1 Å². The number of furan rings is 1. The molecule has 3 heterocycles. The van der Waals surface area contributed by atoms with Crippen molar-refractivity contribution in [2.75, 3.05) is 5.32 Å². The number of pyridine rings is 1. The molecule has 1 amide bonds. The highest BCUT2D eigenvalue weighted by molar-refractivity contribution is 8.01. The summed E-state index contributed by atoms with van der Waals surface area (Å²) >= 11 is 8.90. The fraction of sp³-hybridized carbons (Fsp3) is 0.0625. The standard InChI is InChI=1S/C16H12ClN3O2S2/c1-2-23-9-11-5-6-12(22-11)14(21)20-16-13(17)19-15(24-16)10-4-3-7-18-8-10/h2-8H,1,9H2,(H,20,21). The molecule has 0 bridgehead atoms. The first-order valence-corrected chi connectivity index (χ1v) is 9.11. The minimum atomic E-state index is -0.367. The number of nitrogens with one attached hydrogen (secondary N) is 1. The highest BCUT2D eigenvalue weighted by atomic mass is 35.5. The summed E-state index contributed by atoms with van der Waals surface area (Å²) < 4.78 is 5.50. The first-order valence-electron chi connectivity index (χ1n) is 6.86. The Hall–Kier alpha value is -2.09. The number of nitrogens with zero attached hydrogens (tertiary/aromatic N) is 2. The number of halogens is 1. The van der Waals surface area contributed by atoms with Crippen LogP contribution in [-0.2, 0) is 5.75 Å². The third-order valence-corrected chi connectivity index (χ3v) is 5.04. The van der Waals surface area contributed by atoms with E-state index in [4.69, 9.17) is 16.0 Å². The number of carbonyl (C=O) groups excluding carboxylic acids is 1. The summed E-state index contributed by atoms with van der Waals surface area (Å²) in [5, 5.41) is 5.85. The number of amides is 1. The van der Waals surface area contributed by atoms with Crippen molar-refractivity contribution in [2.45, 2.75) is 5.75 Å². The van der Waals surface area contributed by atoms with Crippen molar-refractivity contribution >= 4 is 45.6 Å². The van der Waals surface area contributed by atoms with E-state index in [9.17, 15) is 4.79 Å². The lowest BCUT2D eigenvalue weighted by Crippen LogP contribution is -2.10. The Morgan fingerprint density at radius 2 is 2.33 bits per heavy atom. The monoisotopic (exact) mass is 377 g/mol. The molecule has 0 saturated carbocycles. The highest BCUT2D eigenvalue weighted by Crippen LogP contribution is 2.35. The van der Waals surface area contributed by atoms with Crippen molar-refractivity contribution in [1.29, 1.82) is 0 Å². The number of hydrogen-bond acceptors (Lipinski definition) is 6. The average Bonchev–Trinajstić information content (AvgIpc) is 3.21. The fourth-order valence-corrected chi connectivity index (χ4v) is 3.45. The van der Waals surface area contributed by atoms with Crippen LogP contribution in [0.5, 0.6) is 0 Å². The zero-order valence-corrected chi connectivity index (χ0v) is 14.7. The Balaban J connectivity index is 1.74. The lowest BCUT2D eigenvalue weighted by atomic mass is 10.3. The predicted octanol–water partition coefficient (Wildman–Crippen LogP) is 5.08. The van der Waals surface area contributed by atoms with Crippen LogP contribution in [0.4, 0.5) is 5.00 Å². The van der Waals surface area contributed by atoms with E-state index in [-0.39, 0.29) is 16.8 Å². The van der Waals surface area contributed by atoms with Crippen LogP contribution < -0.4 is 5.32 Å². The van der Waals surface area contributed by atoms with E-state index in [1.165, 1.54) is 23.1 Å². The maximum Gasteiger partial charge on any atom is 0.292 e. The molecule has 0 aliphatic heterocycles. The third-order valence-electron chi connectivity index (χ3n) is 2.95. The zero-order valence-electron chi connectivity index (χ0n) is 12.4. The van der Waals surface area contributed by atoms with E-state index < -0.39 is 0 Å². The van der Waals surface area contributed by atoms with Crippen molar-refractivity contribution < 1.29 is 9.21 Å². The Labute approximate surface area is 151 Å². The molecule has 3 aromatic heterocycles. The van der Waals surface area contributed by atoms with Crippen molar-refractivity contribution in [2.24, 2.45) is 0 Å². The highest BCUT2D eigenvalue weighted by Gasteiger charge is 2.17. The SMILES string of the molecule is C=CSCc1ccc(C(=O)Nc2sc(-c3cccnc3)nc2Cl)o1. The first kappa shape index (κ1) is 16.8. The summed E-state index contributed by atoms with van der Waals surface area (Å²) in [6.07, 6.45) is 3.37. The summed E-state index contributed by atoms with van der Waals surface area (Å²) in [5.41, 5.74) is 0.839. The smallest absolute Gasteiger partial charge is 0.292 e. The normalized spacial score (nSPS) is 10.5. The van der Waals surface area contributed by atoms with Crippen LogP contribution >= 0.6 is 34.7 Å². The van der Waals surface area contributed by atoms with Gasteiger partial charge in [0.15, 0.2) is 10.9 Å². The van der Waals surface area contributed by atoms with Crippen molar-refractivity contribution in [3.63, 3.8) is 0 Å². The van der Waals surface area contributed by atoms with Gasteiger partial charge in [-0.05, 0) is 29.7 Å². The molecule has 0 spiro atoms. The number of carbonyl (C=O) groups is 1. The van der Waals surface area contributed by atoms with E-state index in [0.29, 0.717) is 21.5 Å². The number of thiazole rings is 1. The quantitative estimate of drug-likeness (QED) is 0.648. The van der Waals surface area contributed by atoms with Crippen LogP contribution in [0.2, 0.25) is 5.15 Å². The molecule has 0 radical (unpaired) electrons. The van der Waals surface area contributed by atoms with E-state index in [1.54, 1.807) is 29.9 Å². The van der Waals surface area contributed by atoms with Gasteiger partial charge in [0, 0.05) is 18.0 Å². The molecule has 0 saturated heterocycles. The number of anilines is 1. The molecule has 122 valence electrons. The second kappa shape index (κ2) is 7.65. The molecule has 1 N–H and O–H groups in total. The predicted molar refractivity (Wildman–Crippen MR) is 98.5 cm³/mol. The van der Waals surface area contributed by atoms with Crippen molar-refractivity contribution in [1.82, 2.24) is 9.97 Å². The Kier molecular flexibility index (Phi) is 5.34. The summed E-state index contributed by atoms with van der Waals surface area (Å²) in [5.74, 6) is 1.19. The third kappa shape index (κ3) is 3.87. The summed E-state index contributed by atoms with van der Waals surface area (Å²) in [7, 11) is 0. The Morgan fingerprint density at radius 3 is 3.08 bits per heavy atom.